The number of amides is 1. The number of hydrogen-bond donors (Lipinski definition) is 2. The Bertz CT molecular complexity index is 1420. The number of carbonyl (C=O) groups excluding carboxylic acids is 1. The smallest absolute Gasteiger partial charge is 0.251 e. The quantitative estimate of drug-likeness (QED) is 0.351. The minimum Gasteiger partial charge on any atom is -0.381 e. The summed E-state index contributed by atoms with van der Waals surface area (Å²) in [4.78, 5) is 20.3. The Labute approximate surface area is 222 Å². The average Bonchev–Trinajstić information content (AvgIpc) is 3.70. The zero-order chi connectivity index (χ0) is 25.5. The number of nitrogens with zero attached hydrogens (tertiary/aromatic N) is 3. The molecular formula is C31H33N5O2. The number of fused-ring (bicyclic) bond motifs is 1. The van der Waals surface area contributed by atoms with E-state index in [0.717, 1.165) is 78.8 Å². The molecule has 7 nitrogen and oxygen atoms in total. The van der Waals surface area contributed by atoms with Crippen molar-refractivity contribution in [1.82, 2.24) is 20.5 Å². The Kier molecular flexibility index (Phi) is 6.08. The van der Waals surface area contributed by atoms with Crippen LogP contribution in [0.3, 0.4) is 0 Å². The van der Waals surface area contributed by atoms with Gasteiger partial charge < -0.3 is 15.0 Å². The maximum absolute atomic E-state index is 13.3. The Hall–Kier alpha value is -3.71. The van der Waals surface area contributed by atoms with Crippen molar-refractivity contribution in [3.8, 4) is 11.3 Å². The normalized spacial score (nSPS) is 19.3. The molecule has 0 bridgehead atoms. The summed E-state index contributed by atoms with van der Waals surface area (Å²) in [5, 5.41) is 11.9. The van der Waals surface area contributed by atoms with Gasteiger partial charge in [-0.1, -0.05) is 18.2 Å². The summed E-state index contributed by atoms with van der Waals surface area (Å²) < 4.78 is 5.40. The van der Waals surface area contributed by atoms with Crippen LogP contribution in [-0.4, -0.2) is 47.4 Å². The number of hydrogen-bond acceptors (Lipinski definition) is 5. The van der Waals surface area contributed by atoms with Crippen LogP contribution in [0.15, 0.2) is 66.9 Å². The first kappa shape index (κ1) is 23.4. The van der Waals surface area contributed by atoms with Crippen LogP contribution >= 0.6 is 0 Å². The second kappa shape index (κ2) is 9.87. The molecule has 2 aromatic heterocycles. The molecule has 1 aliphatic carbocycles. The molecule has 1 atom stereocenters. The van der Waals surface area contributed by atoms with Gasteiger partial charge in [0.25, 0.3) is 5.91 Å². The number of aromatic amines is 1. The van der Waals surface area contributed by atoms with Crippen molar-refractivity contribution in [2.75, 3.05) is 31.2 Å². The van der Waals surface area contributed by atoms with Gasteiger partial charge >= 0.3 is 0 Å². The monoisotopic (exact) mass is 507 g/mol. The highest BCUT2D eigenvalue weighted by Crippen LogP contribution is 2.40. The molecule has 2 aromatic carbocycles. The van der Waals surface area contributed by atoms with E-state index in [1.165, 1.54) is 18.5 Å². The molecule has 7 heteroatoms. The van der Waals surface area contributed by atoms with Crippen LogP contribution in [0, 0.1) is 17.8 Å². The van der Waals surface area contributed by atoms with Gasteiger partial charge in [-0.15, -0.1) is 0 Å². The third kappa shape index (κ3) is 4.56. The molecule has 2 saturated heterocycles. The molecule has 1 saturated carbocycles. The summed E-state index contributed by atoms with van der Waals surface area (Å²) in [7, 11) is 0. The predicted molar refractivity (Wildman–Crippen MR) is 148 cm³/mol. The van der Waals surface area contributed by atoms with Crippen LogP contribution in [-0.2, 0) is 4.74 Å². The van der Waals surface area contributed by atoms with E-state index in [4.69, 9.17) is 4.74 Å². The van der Waals surface area contributed by atoms with E-state index < -0.39 is 0 Å². The van der Waals surface area contributed by atoms with Crippen LogP contribution in [0.25, 0.3) is 22.2 Å². The minimum absolute atomic E-state index is 0.0529. The van der Waals surface area contributed by atoms with E-state index in [2.05, 4.69) is 49.7 Å². The molecule has 4 aromatic rings. The van der Waals surface area contributed by atoms with Crippen molar-refractivity contribution >= 4 is 22.5 Å². The standard InChI is InChI=1S/C31H33N5O2/c37-31(33-30(22-4-5-22)28-3-1-2-14-32-28)23-8-11-27-26(17-23)29(35-34-27)21-6-9-25(10-7-21)36-15-12-20(13-16-36)24-18-38-19-24/h1-3,6-11,14,17,20,22,24,30H,4-5,12-13,15-16,18-19H2,(H,33,37)(H,34,35). The molecule has 1 amide bonds. The number of carbonyl (C=O) groups is 1. The SMILES string of the molecule is O=C(NC(c1ccccn1)C1CC1)c1ccc2[nH]nc(-c3ccc(N4CCC(C5COC5)CC4)cc3)c2c1. The topological polar surface area (TPSA) is 83.1 Å². The molecule has 2 N–H and O–H groups in total. The maximum atomic E-state index is 13.3. The fourth-order valence-electron chi connectivity index (χ4n) is 6.01. The van der Waals surface area contributed by atoms with Crippen molar-refractivity contribution in [3.63, 3.8) is 0 Å². The van der Waals surface area contributed by atoms with E-state index in [9.17, 15) is 4.79 Å². The van der Waals surface area contributed by atoms with Gasteiger partial charge in [0.2, 0.25) is 0 Å². The highest BCUT2D eigenvalue weighted by Gasteiger charge is 2.34. The number of anilines is 1. The van der Waals surface area contributed by atoms with Gasteiger partial charge in [0.05, 0.1) is 36.2 Å². The third-order valence-electron chi connectivity index (χ3n) is 8.59. The first-order valence-corrected chi connectivity index (χ1v) is 13.9. The number of pyridine rings is 1. The molecule has 0 radical (unpaired) electrons. The lowest BCUT2D eigenvalue weighted by molar-refractivity contribution is -0.0650. The van der Waals surface area contributed by atoms with Crippen molar-refractivity contribution < 1.29 is 9.53 Å². The average molecular weight is 508 g/mol. The number of nitrogens with one attached hydrogen (secondary N) is 2. The molecule has 194 valence electrons. The fraction of sp³-hybridized carbons (Fsp3) is 0.387. The molecule has 4 heterocycles. The summed E-state index contributed by atoms with van der Waals surface area (Å²) in [6, 6.07) is 20.3. The highest BCUT2D eigenvalue weighted by molar-refractivity contribution is 6.01. The number of piperidine rings is 1. The zero-order valence-electron chi connectivity index (χ0n) is 21.5. The second-order valence-electron chi connectivity index (χ2n) is 11.0. The summed E-state index contributed by atoms with van der Waals surface area (Å²) in [5.41, 5.74) is 5.66. The number of ether oxygens (including phenoxy) is 1. The molecule has 38 heavy (non-hydrogen) atoms. The van der Waals surface area contributed by atoms with Gasteiger partial charge in [-0.2, -0.15) is 5.10 Å². The Morgan fingerprint density at radius 2 is 1.79 bits per heavy atom. The summed E-state index contributed by atoms with van der Waals surface area (Å²) in [5.74, 6) is 1.96. The molecule has 1 unspecified atom stereocenters. The lowest BCUT2D eigenvalue weighted by Gasteiger charge is -2.40. The minimum atomic E-state index is -0.0752. The molecule has 3 aliphatic rings. The Balaban J connectivity index is 1.08. The summed E-state index contributed by atoms with van der Waals surface area (Å²) in [6.45, 7) is 4.10. The lowest BCUT2D eigenvalue weighted by Crippen LogP contribution is -2.42. The van der Waals surface area contributed by atoms with Gasteiger partial charge in [-0.05, 0) is 80.0 Å². The lowest BCUT2D eigenvalue weighted by atomic mass is 9.83. The van der Waals surface area contributed by atoms with E-state index >= 15 is 0 Å². The van der Waals surface area contributed by atoms with Crippen molar-refractivity contribution in [2.24, 2.45) is 17.8 Å². The first-order valence-electron chi connectivity index (χ1n) is 13.9. The largest absolute Gasteiger partial charge is 0.381 e. The first-order chi connectivity index (χ1) is 18.7. The molecule has 2 aliphatic heterocycles. The van der Waals surface area contributed by atoms with Crippen LogP contribution in [0.2, 0.25) is 0 Å². The maximum Gasteiger partial charge on any atom is 0.251 e. The summed E-state index contributed by atoms with van der Waals surface area (Å²) in [6.07, 6.45) is 6.52. The van der Waals surface area contributed by atoms with Crippen LogP contribution in [0.4, 0.5) is 5.69 Å². The van der Waals surface area contributed by atoms with E-state index in [1.807, 2.05) is 36.4 Å². The van der Waals surface area contributed by atoms with Crippen molar-refractivity contribution in [1.29, 1.82) is 0 Å². The van der Waals surface area contributed by atoms with E-state index in [1.54, 1.807) is 6.20 Å². The highest BCUT2D eigenvalue weighted by atomic mass is 16.5. The van der Waals surface area contributed by atoms with E-state index in [0.29, 0.717) is 11.5 Å². The van der Waals surface area contributed by atoms with Crippen LogP contribution in [0.1, 0.15) is 47.8 Å². The molecular weight excluding hydrogens is 474 g/mol. The van der Waals surface area contributed by atoms with Crippen molar-refractivity contribution in [2.45, 2.75) is 31.7 Å². The van der Waals surface area contributed by atoms with Gasteiger partial charge in [-0.3, -0.25) is 14.9 Å². The number of H-pyrrole nitrogens is 1. The second-order valence-corrected chi connectivity index (χ2v) is 11.0. The van der Waals surface area contributed by atoms with Gasteiger partial charge in [0.1, 0.15) is 0 Å². The predicted octanol–water partition coefficient (Wildman–Crippen LogP) is 5.37. The molecule has 3 fully saturated rings. The van der Waals surface area contributed by atoms with Gasteiger partial charge in [-0.25, -0.2) is 0 Å². The zero-order valence-corrected chi connectivity index (χ0v) is 21.5. The Morgan fingerprint density at radius 1 is 0.974 bits per heavy atom. The van der Waals surface area contributed by atoms with Gasteiger partial charge in [0.15, 0.2) is 0 Å². The number of benzene rings is 2. The Morgan fingerprint density at radius 3 is 2.47 bits per heavy atom. The molecule has 7 rings (SSSR count). The van der Waals surface area contributed by atoms with E-state index in [-0.39, 0.29) is 11.9 Å². The third-order valence-corrected chi connectivity index (χ3v) is 8.59. The number of rotatable bonds is 7. The van der Waals surface area contributed by atoms with Crippen molar-refractivity contribution in [3.05, 3.63) is 78.1 Å². The van der Waals surface area contributed by atoms with Crippen LogP contribution in [0.5, 0.6) is 0 Å². The van der Waals surface area contributed by atoms with Gasteiger partial charge in [0, 0.05) is 47.4 Å². The summed E-state index contributed by atoms with van der Waals surface area (Å²) >= 11 is 0. The number of aromatic nitrogens is 3. The molecule has 0 spiro atoms. The van der Waals surface area contributed by atoms with Crippen LogP contribution < -0.4 is 10.2 Å². The fourth-order valence-corrected chi connectivity index (χ4v) is 6.01.